The zero-order chi connectivity index (χ0) is 5.98. The predicted octanol–water partition coefficient (Wildman–Crippen LogP) is 0.914. The van der Waals surface area contributed by atoms with Crippen molar-refractivity contribution in [3.8, 4) is 0 Å². The molecule has 1 fully saturated rings. The van der Waals surface area contributed by atoms with Crippen LogP contribution in [-0.4, -0.2) is 12.1 Å². The van der Waals surface area contributed by atoms with E-state index in [4.69, 9.17) is 4.74 Å². The fourth-order valence-electron chi connectivity index (χ4n) is 0.738. The third-order valence-electron chi connectivity index (χ3n) is 1.29. The average molecular weight is 202 g/mol. The number of cyclic esters (lactones) is 1. The van der Waals surface area contributed by atoms with Crippen molar-refractivity contribution in [1.29, 1.82) is 0 Å². The number of hydrogen-bond acceptors (Lipinski definition) is 2. The van der Waals surface area contributed by atoms with E-state index in [0.717, 1.165) is 12.8 Å². The van der Waals surface area contributed by atoms with Gasteiger partial charge in [0.2, 0.25) is 0 Å². The van der Waals surface area contributed by atoms with Crippen LogP contribution in [0, 0.1) is 6.42 Å². The van der Waals surface area contributed by atoms with E-state index in [-0.39, 0.29) is 44.8 Å². The van der Waals surface area contributed by atoms with Crippen LogP contribution in [0.15, 0.2) is 0 Å². The second kappa shape index (κ2) is 4.29. The van der Waals surface area contributed by atoms with Crippen molar-refractivity contribution >= 4 is 5.97 Å². The Labute approximate surface area is 80.2 Å². The van der Waals surface area contributed by atoms with E-state index in [9.17, 15) is 4.79 Å². The quantitative estimate of drug-likeness (QED) is 0.466. The van der Waals surface area contributed by atoms with Crippen molar-refractivity contribution in [2.75, 3.05) is 0 Å². The normalized spacial score (nSPS) is 24.1. The predicted molar refractivity (Wildman–Crippen MR) is 29.1 cm³/mol. The van der Waals surface area contributed by atoms with E-state index >= 15 is 0 Å². The number of ether oxygens (including phenoxy) is 1. The molecule has 1 radical (unpaired) electrons. The number of rotatable bonds is 1. The Morgan fingerprint density at radius 3 is 2.78 bits per heavy atom. The maximum atomic E-state index is 10.3. The van der Waals surface area contributed by atoms with Crippen LogP contribution in [0.5, 0.6) is 0 Å². The number of hydrogen-bond donors (Lipinski definition) is 0. The Morgan fingerprint density at radius 1 is 1.89 bits per heavy atom. The second-order valence-corrected chi connectivity index (χ2v) is 1.91. The van der Waals surface area contributed by atoms with E-state index in [2.05, 4.69) is 0 Å². The van der Waals surface area contributed by atoms with Gasteiger partial charge >= 0.3 is 0 Å². The molecule has 9 heavy (non-hydrogen) atoms. The molecule has 0 N–H and O–H groups in total. The first-order valence-electron chi connectivity index (χ1n) is 2.86. The molecule has 1 unspecified atom stereocenters. The smallest absolute Gasteiger partial charge is 0.167 e. The molecule has 0 aromatic rings. The van der Waals surface area contributed by atoms with Crippen molar-refractivity contribution in [2.45, 2.75) is 25.9 Å². The summed E-state index contributed by atoms with van der Waals surface area (Å²) in [5.41, 5.74) is 0. The summed E-state index contributed by atoms with van der Waals surface area (Å²) in [6, 6.07) is 0. The van der Waals surface area contributed by atoms with Gasteiger partial charge in [-0.3, -0.25) is 11.2 Å². The van der Waals surface area contributed by atoms with Gasteiger partial charge in [-0.1, -0.05) is 6.92 Å². The van der Waals surface area contributed by atoms with Crippen LogP contribution in [0.2, 0.25) is 0 Å². The Kier molecular flexibility index (Phi) is 4.50. The fourth-order valence-corrected chi connectivity index (χ4v) is 0.738. The molecule has 0 saturated carbocycles. The zero-order valence-electron chi connectivity index (χ0n) is 5.46. The summed E-state index contributed by atoms with van der Waals surface area (Å²) in [7, 11) is 0. The van der Waals surface area contributed by atoms with Crippen LogP contribution < -0.4 is 0 Å². The fraction of sp³-hybridized carbons (Fsp3) is 0.667. The Morgan fingerprint density at radius 2 is 2.56 bits per heavy atom. The summed E-state index contributed by atoms with van der Waals surface area (Å²) < 4.78 is 4.82. The minimum absolute atomic E-state index is 0. The van der Waals surface area contributed by atoms with Crippen LogP contribution in [0.4, 0.5) is 0 Å². The molecule has 0 bridgehead atoms. The topological polar surface area (TPSA) is 26.3 Å². The summed E-state index contributed by atoms with van der Waals surface area (Å²) in [6.45, 7) is 2.01. The molecule has 1 aliphatic rings. The van der Waals surface area contributed by atoms with E-state index in [1.807, 2.05) is 6.92 Å². The molecular weight excluding hydrogens is 193 g/mol. The largest absolute Gasteiger partial charge is 0.487 e. The minimum Gasteiger partial charge on any atom is -0.487 e. The van der Waals surface area contributed by atoms with Gasteiger partial charge in [-0.2, -0.15) is 0 Å². The van der Waals surface area contributed by atoms with Gasteiger partial charge < -0.3 is 4.74 Å². The molecule has 3 heteroatoms. The van der Waals surface area contributed by atoms with Gasteiger partial charge in [0.05, 0.1) is 6.10 Å². The molecule has 0 aromatic heterocycles. The first kappa shape index (κ1) is 9.44. The molecule has 1 rings (SSSR count). The minimum atomic E-state index is -0.156. The zero-order valence-corrected chi connectivity index (χ0v) is 8.30. The van der Waals surface area contributed by atoms with Gasteiger partial charge in [0.1, 0.15) is 0 Å². The van der Waals surface area contributed by atoms with Crippen LogP contribution >= 0.6 is 0 Å². The molecule has 49 valence electrons. The number of esters is 1. The van der Waals surface area contributed by atoms with Crippen LogP contribution in [-0.2, 0) is 42.2 Å². The van der Waals surface area contributed by atoms with E-state index in [0.29, 0.717) is 0 Å². The third kappa shape index (κ3) is 2.68. The summed E-state index contributed by atoms with van der Waals surface area (Å²) >= 11 is 0. The molecule has 1 heterocycles. The Bertz CT molecular complexity index is 103. The Balaban J connectivity index is 0.000000640. The van der Waals surface area contributed by atoms with Crippen molar-refractivity contribution in [2.24, 2.45) is 0 Å². The van der Waals surface area contributed by atoms with Crippen LogP contribution in [0.3, 0.4) is 0 Å². The SMILES string of the molecule is CCC1C[CH-]C(=O)O1.[Y]. The summed E-state index contributed by atoms with van der Waals surface area (Å²) in [4.78, 5) is 10.3. The molecule has 1 saturated heterocycles. The van der Waals surface area contributed by atoms with Crippen LogP contribution in [0.25, 0.3) is 0 Å². The van der Waals surface area contributed by atoms with Crippen LogP contribution in [0.1, 0.15) is 19.8 Å². The second-order valence-electron chi connectivity index (χ2n) is 1.91. The van der Waals surface area contributed by atoms with Gasteiger partial charge in [-0.05, 0) is 6.42 Å². The molecular formula is C6H9O2Y-. The number of carbonyl (C=O) groups is 1. The molecule has 0 aliphatic carbocycles. The summed E-state index contributed by atoms with van der Waals surface area (Å²) in [5, 5.41) is 0. The number of carbonyl (C=O) groups excluding carboxylic acids is 1. The maximum Gasteiger partial charge on any atom is 0.167 e. The monoisotopic (exact) mass is 202 g/mol. The first-order chi connectivity index (χ1) is 3.83. The Hall–Kier alpha value is 0.444. The molecule has 0 amide bonds. The summed E-state index contributed by atoms with van der Waals surface area (Å²) in [5.74, 6) is -0.156. The molecule has 2 nitrogen and oxygen atoms in total. The molecule has 0 spiro atoms. The van der Waals surface area contributed by atoms with Crippen molar-refractivity contribution < 1.29 is 42.2 Å². The van der Waals surface area contributed by atoms with Gasteiger partial charge in [0.15, 0.2) is 5.97 Å². The van der Waals surface area contributed by atoms with E-state index in [1.165, 1.54) is 0 Å². The van der Waals surface area contributed by atoms with E-state index in [1.54, 1.807) is 6.42 Å². The third-order valence-corrected chi connectivity index (χ3v) is 1.29. The van der Waals surface area contributed by atoms with Gasteiger partial charge in [0, 0.05) is 32.7 Å². The molecule has 1 atom stereocenters. The van der Waals surface area contributed by atoms with Crippen molar-refractivity contribution in [1.82, 2.24) is 0 Å². The van der Waals surface area contributed by atoms with Gasteiger partial charge in [-0.25, -0.2) is 0 Å². The van der Waals surface area contributed by atoms with Crippen molar-refractivity contribution in [3.63, 3.8) is 0 Å². The van der Waals surface area contributed by atoms with Gasteiger partial charge in [-0.15, -0.1) is 6.42 Å². The average Bonchev–Trinajstić information content (AvgIpc) is 2.14. The van der Waals surface area contributed by atoms with E-state index < -0.39 is 0 Å². The first-order valence-corrected chi connectivity index (χ1v) is 2.86. The standard InChI is InChI=1S/C6H9O2.Y/c1-2-5-3-4-6(7)8-5;/h4-5H,2-3H2,1H3;/q-1;. The molecule has 0 aromatic carbocycles. The maximum absolute atomic E-state index is 10.3. The molecule has 1 aliphatic heterocycles. The van der Waals surface area contributed by atoms with Crippen molar-refractivity contribution in [3.05, 3.63) is 6.42 Å². The van der Waals surface area contributed by atoms with Gasteiger partial charge in [0.25, 0.3) is 0 Å². The summed E-state index contributed by atoms with van der Waals surface area (Å²) in [6.07, 6.45) is 3.49.